The lowest BCUT2D eigenvalue weighted by molar-refractivity contribution is 0.0875. The summed E-state index contributed by atoms with van der Waals surface area (Å²) in [6.45, 7) is 2.97. The zero-order chi connectivity index (χ0) is 15.1. The van der Waals surface area contributed by atoms with Gasteiger partial charge >= 0.3 is 0 Å². The molecule has 2 aromatic carbocycles. The van der Waals surface area contributed by atoms with Gasteiger partial charge in [-0.3, -0.25) is 4.79 Å². The highest BCUT2D eigenvalue weighted by molar-refractivity contribution is 9.10. The van der Waals surface area contributed by atoms with Crippen LogP contribution in [-0.4, -0.2) is 19.0 Å². The van der Waals surface area contributed by atoms with E-state index >= 15 is 0 Å². The quantitative estimate of drug-likeness (QED) is 0.554. The molecule has 110 valence electrons. The van der Waals surface area contributed by atoms with Crippen LogP contribution in [0.1, 0.15) is 22.8 Å². The standard InChI is InChI=1S/C17H17BrO3/c1-13(19)16-4-2-3-5-17(16)21-11-10-20-12-14-6-8-15(18)9-7-14/h2-9H,10-12H2,1H3. The molecule has 4 heteroatoms. The number of ketones is 1. The first-order chi connectivity index (χ1) is 10.2. The summed E-state index contributed by atoms with van der Waals surface area (Å²) in [5.74, 6) is 0.610. The first kappa shape index (κ1) is 15.7. The molecule has 0 saturated carbocycles. The molecule has 0 radical (unpaired) electrons. The minimum atomic E-state index is 0.00128. The first-order valence-corrected chi connectivity index (χ1v) is 7.51. The van der Waals surface area contributed by atoms with Crippen molar-refractivity contribution in [1.82, 2.24) is 0 Å². The number of Topliss-reactive ketones (excluding diaryl/α,β-unsaturated/α-hetero) is 1. The highest BCUT2D eigenvalue weighted by Crippen LogP contribution is 2.18. The van der Waals surface area contributed by atoms with Crippen molar-refractivity contribution in [3.05, 3.63) is 64.1 Å². The number of para-hydroxylation sites is 1. The Morgan fingerprint density at radius 1 is 1.05 bits per heavy atom. The maximum Gasteiger partial charge on any atom is 0.163 e. The van der Waals surface area contributed by atoms with E-state index < -0.39 is 0 Å². The smallest absolute Gasteiger partial charge is 0.163 e. The van der Waals surface area contributed by atoms with Crippen LogP contribution in [0.3, 0.4) is 0 Å². The van der Waals surface area contributed by atoms with E-state index in [4.69, 9.17) is 9.47 Å². The van der Waals surface area contributed by atoms with Crippen LogP contribution in [0.15, 0.2) is 53.0 Å². The number of carbonyl (C=O) groups is 1. The number of halogens is 1. The molecule has 21 heavy (non-hydrogen) atoms. The molecule has 0 bridgehead atoms. The van der Waals surface area contributed by atoms with Crippen LogP contribution in [0.4, 0.5) is 0 Å². The van der Waals surface area contributed by atoms with Gasteiger partial charge in [0.1, 0.15) is 12.4 Å². The van der Waals surface area contributed by atoms with Gasteiger partial charge < -0.3 is 9.47 Å². The third kappa shape index (κ3) is 4.99. The maximum absolute atomic E-state index is 11.5. The van der Waals surface area contributed by atoms with E-state index in [1.807, 2.05) is 36.4 Å². The Kier molecular flexibility index (Phi) is 5.96. The van der Waals surface area contributed by atoms with Crippen LogP contribution in [0.25, 0.3) is 0 Å². The van der Waals surface area contributed by atoms with E-state index in [-0.39, 0.29) is 5.78 Å². The fourth-order valence-corrected chi connectivity index (χ4v) is 2.13. The molecule has 3 nitrogen and oxygen atoms in total. The minimum Gasteiger partial charge on any atom is -0.490 e. The molecule has 0 aromatic heterocycles. The van der Waals surface area contributed by atoms with Crippen LogP contribution in [0.5, 0.6) is 5.75 Å². The summed E-state index contributed by atoms with van der Waals surface area (Å²) >= 11 is 3.39. The predicted octanol–water partition coefficient (Wildman–Crippen LogP) is 4.25. The zero-order valence-electron chi connectivity index (χ0n) is 11.8. The summed E-state index contributed by atoms with van der Waals surface area (Å²) in [6.07, 6.45) is 0. The SMILES string of the molecule is CC(=O)c1ccccc1OCCOCc1ccc(Br)cc1. The lowest BCUT2D eigenvalue weighted by Gasteiger charge is -2.10. The van der Waals surface area contributed by atoms with Crippen molar-refractivity contribution in [2.75, 3.05) is 13.2 Å². The second-order valence-corrected chi connectivity index (χ2v) is 5.50. The van der Waals surface area contributed by atoms with E-state index in [2.05, 4.69) is 15.9 Å². The van der Waals surface area contributed by atoms with E-state index in [9.17, 15) is 4.79 Å². The van der Waals surface area contributed by atoms with Crippen molar-refractivity contribution in [2.24, 2.45) is 0 Å². The third-order valence-corrected chi connectivity index (χ3v) is 3.46. The molecular formula is C17H17BrO3. The maximum atomic E-state index is 11.5. The Hall–Kier alpha value is -1.65. The van der Waals surface area contributed by atoms with Crippen molar-refractivity contribution < 1.29 is 14.3 Å². The predicted molar refractivity (Wildman–Crippen MR) is 85.7 cm³/mol. The molecule has 0 heterocycles. The van der Waals surface area contributed by atoms with Gasteiger partial charge in [-0.15, -0.1) is 0 Å². The molecule has 0 unspecified atom stereocenters. The highest BCUT2D eigenvalue weighted by Gasteiger charge is 2.06. The highest BCUT2D eigenvalue weighted by atomic mass is 79.9. The lowest BCUT2D eigenvalue weighted by Crippen LogP contribution is -2.08. The minimum absolute atomic E-state index is 0.00128. The average molecular weight is 349 g/mol. The molecular weight excluding hydrogens is 332 g/mol. The second kappa shape index (κ2) is 7.96. The summed E-state index contributed by atoms with van der Waals surface area (Å²) in [6, 6.07) is 15.2. The molecule has 2 rings (SSSR count). The fraction of sp³-hybridized carbons (Fsp3) is 0.235. The molecule has 0 aliphatic rings. The van der Waals surface area contributed by atoms with Crippen molar-refractivity contribution >= 4 is 21.7 Å². The Morgan fingerprint density at radius 3 is 2.48 bits per heavy atom. The largest absolute Gasteiger partial charge is 0.490 e. The van der Waals surface area contributed by atoms with Gasteiger partial charge in [-0.1, -0.05) is 40.2 Å². The number of benzene rings is 2. The first-order valence-electron chi connectivity index (χ1n) is 6.72. The molecule has 0 saturated heterocycles. The van der Waals surface area contributed by atoms with Crippen LogP contribution < -0.4 is 4.74 Å². The Bertz CT molecular complexity index is 593. The molecule has 0 spiro atoms. The lowest BCUT2D eigenvalue weighted by atomic mass is 10.1. The van der Waals surface area contributed by atoms with E-state index in [0.717, 1.165) is 10.0 Å². The van der Waals surface area contributed by atoms with Crippen LogP contribution in [0.2, 0.25) is 0 Å². The van der Waals surface area contributed by atoms with E-state index in [0.29, 0.717) is 31.1 Å². The number of hydrogen-bond donors (Lipinski definition) is 0. The van der Waals surface area contributed by atoms with Crippen molar-refractivity contribution in [3.63, 3.8) is 0 Å². The van der Waals surface area contributed by atoms with Gasteiger partial charge in [0.05, 0.1) is 18.8 Å². The Balaban J connectivity index is 1.75. The van der Waals surface area contributed by atoms with Gasteiger partial charge in [0.15, 0.2) is 5.78 Å². The van der Waals surface area contributed by atoms with E-state index in [1.165, 1.54) is 6.92 Å². The van der Waals surface area contributed by atoms with Gasteiger partial charge in [0.2, 0.25) is 0 Å². The van der Waals surface area contributed by atoms with Crippen LogP contribution >= 0.6 is 15.9 Å². The molecule has 0 atom stereocenters. The van der Waals surface area contributed by atoms with Gasteiger partial charge in [-0.2, -0.15) is 0 Å². The molecule has 0 fully saturated rings. The molecule has 0 aliphatic heterocycles. The number of rotatable bonds is 7. The molecule has 2 aromatic rings. The van der Waals surface area contributed by atoms with Gasteiger partial charge in [0.25, 0.3) is 0 Å². The molecule has 0 aliphatic carbocycles. The Morgan fingerprint density at radius 2 is 1.76 bits per heavy atom. The monoisotopic (exact) mass is 348 g/mol. The fourth-order valence-electron chi connectivity index (χ4n) is 1.86. The van der Waals surface area contributed by atoms with Crippen molar-refractivity contribution in [1.29, 1.82) is 0 Å². The van der Waals surface area contributed by atoms with E-state index in [1.54, 1.807) is 12.1 Å². The molecule has 0 N–H and O–H groups in total. The summed E-state index contributed by atoms with van der Waals surface area (Å²) in [7, 11) is 0. The molecule has 0 amide bonds. The normalized spacial score (nSPS) is 10.4. The van der Waals surface area contributed by atoms with Crippen molar-refractivity contribution in [3.8, 4) is 5.75 Å². The summed E-state index contributed by atoms with van der Waals surface area (Å²) in [4.78, 5) is 11.5. The third-order valence-electron chi connectivity index (χ3n) is 2.93. The van der Waals surface area contributed by atoms with Gasteiger partial charge in [0, 0.05) is 4.47 Å². The van der Waals surface area contributed by atoms with Crippen LogP contribution in [0, 0.1) is 0 Å². The summed E-state index contributed by atoms with van der Waals surface area (Å²) in [5.41, 5.74) is 1.72. The van der Waals surface area contributed by atoms with Crippen molar-refractivity contribution in [2.45, 2.75) is 13.5 Å². The topological polar surface area (TPSA) is 35.5 Å². The average Bonchev–Trinajstić information content (AvgIpc) is 2.49. The second-order valence-electron chi connectivity index (χ2n) is 4.58. The summed E-state index contributed by atoms with van der Waals surface area (Å²) < 4.78 is 12.2. The number of hydrogen-bond acceptors (Lipinski definition) is 3. The number of ether oxygens (including phenoxy) is 2. The van der Waals surface area contributed by atoms with Crippen LogP contribution in [-0.2, 0) is 11.3 Å². The zero-order valence-corrected chi connectivity index (χ0v) is 13.4. The van der Waals surface area contributed by atoms with Gasteiger partial charge in [-0.25, -0.2) is 0 Å². The van der Waals surface area contributed by atoms with Gasteiger partial charge in [-0.05, 0) is 36.8 Å². The number of carbonyl (C=O) groups excluding carboxylic acids is 1. The Labute approximate surface area is 133 Å². The summed E-state index contributed by atoms with van der Waals surface area (Å²) in [5, 5.41) is 0.